The fourth-order valence-electron chi connectivity index (χ4n) is 1.46. The van der Waals surface area contributed by atoms with Gasteiger partial charge in [-0.15, -0.1) is 11.8 Å². The maximum Gasteiger partial charge on any atom is 0.329 e. The topological polar surface area (TPSA) is 68.1 Å². The van der Waals surface area contributed by atoms with Crippen molar-refractivity contribution < 1.29 is 19.4 Å². The van der Waals surface area contributed by atoms with Gasteiger partial charge < -0.3 is 14.6 Å². The molecule has 0 spiro atoms. The molecule has 0 radical (unpaired) electrons. The second kappa shape index (κ2) is 5.65. The summed E-state index contributed by atoms with van der Waals surface area (Å²) < 4.78 is 11.0. The molecule has 1 N–H and O–H groups in total. The Morgan fingerprint density at radius 1 is 1.56 bits per heavy atom. The third-order valence-corrected chi connectivity index (χ3v) is 3.40. The van der Waals surface area contributed by atoms with Crippen molar-refractivity contribution in [3.8, 4) is 0 Å². The van der Waals surface area contributed by atoms with Gasteiger partial charge in [0.05, 0.1) is 0 Å². The molecule has 0 aromatic heterocycles. The summed E-state index contributed by atoms with van der Waals surface area (Å²) >= 11 is 1.38. The molecule has 1 aliphatic heterocycles. The summed E-state index contributed by atoms with van der Waals surface area (Å²) in [6.07, 6.45) is 0. The van der Waals surface area contributed by atoms with Crippen molar-refractivity contribution in [3.05, 3.63) is 0 Å². The number of rotatable bonds is 6. The molecule has 92 valence electrons. The first kappa shape index (κ1) is 13.5. The number of hydrogen-bond donors (Lipinski definition) is 1. The standard InChI is InChI=1S/C10H17NO4S/c1-4-14-10(3,15-5-2)9-11-7(6-16-9)8(12)13/h7H,4-6H2,1-3H3,(H,12,13)/t7-/m0/s1. The molecule has 0 amide bonds. The highest BCUT2D eigenvalue weighted by molar-refractivity contribution is 8.14. The van der Waals surface area contributed by atoms with E-state index in [9.17, 15) is 4.79 Å². The second-order valence-electron chi connectivity index (χ2n) is 3.41. The lowest BCUT2D eigenvalue weighted by molar-refractivity contribution is -0.169. The number of hydrogen-bond acceptors (Lipinski definition) is 5. The number of aliphatic imine (C=N–C) groups is 1. The number of thioether (sulfide) groups is 1. The van der Waals surface area contributed by atoms with Crippen LogP contribution in [0.2, 0.25) is 0 Å². The van der Waals surface area contributed by atoms with Gasteiger partial charge in [-0.1, -0.05) is 0 Å². The molecule has 5 nitrogen and oxygen atoms in total. The number of ether oxygens (including phenoxy) is 2. The molecular weight excluding hydrogens is 230 g/mol. The van der Waals surface area contributed by atoms with Crippen LogP contribution in [0.1, 0.15) is 20.8 Å². The smallest absolute Gasteiger partial charge is 0.329 e. The predicted molar refractivity (Wildman–Crippen MR) is 63.0 cm³/mol. The van der Waals surface area contributed by atoms with Gasteiger partial charge in [0.15, 0.2) is 6.04 Å². The molecule has 1 rings (SSSR count). The fraction of sp³-hybridized carbons (Fsp3) is 0.800. The summed E-state index contributed by atoms with van der Waals surface area (Å²) in [6.45, 7) is 6.50. The minimum absolute atomic E-state index is 0.445. The fourth-order valence-corrected chi connectivity index (χ4v) is 2.58. The van der Waals surface area contributed by atoms with Gasteiger partial charge in [0, 0.05) is 19.0 Å². The van der Waals surface area contributed by atoms with Crippen molar-refractivity contribution in [2.45, 2.75) is 32.6 Å². The van der Waals surface area contributed by atoms with Gasteiger partial charge in [0.1, 0.15) is 5.04 Å². The summed E-state index contributed by atoms with van der Waals surface area (Å²) in [5.41, 5.74) is 0. The first-order valence-corrected chi connectivity index (χ1v) is 6.23. The molecule has 0 saturated heterocycles. The zero-order chi connectivity index (χ0) is 12.2. The van der Waals surface area contributed by atoms with Crippen LogP contribution < -0.4 is 0 Å². The van der Waals surface area contributed by atoms with Gasteiger partial charge in [-0.3, -0.25) is 4.99 Å². The van der Waals surface area contributed by atoms with Crippen LogP contribution in [-0.2, 0) is 14.3 Å². The van der Waals surface area contributed by atoms with E-state index >= 15 is 0 Å². The van der Waals surface area contributed by atoms with Gasteiger partial charge in [-0.2, -0.15) is 0 Å². The maximum atomic E-state index is 10.8. The number of carboxylic acids is 1. The van der Waals surface area contributed by atoms with Crippen LogP contribution in [0, 0.1) is 0 Å². The van der Waals surface area contributed by atoms with Crippen molar-refractivity contribution in [1.82, 2.24) is 0 Å². The van der Waals surface area contributed by atoms with Crippen molar-refractivity contribution >= 4 is 22.8 Å². The molecule has 0 aliphatic carbocycles. The summed E-state index contributed by atoms with van der Waals surface area (Å²) in [4.78, 5) is 14.9. The molecule has 1 atom stereocenters. The molecule has 1 heterocycles. The second-order valence-corrected chi connectivity index (χ2v) is 4.42. The monoisotopic (exact) mass is 247 g/mol. The normalized spacial score (nSPS) is 20.9. The van der Waals surface area contributed by atoms with Crippen molar-refractivity contribution in [1.29, 1.82) is 0 Å². The third-order valence-electron chi connectivity index (χ3n) is 2.16. The lowest BCUT2D eigenvalue weighted by Crippen LogP contribution is -2.39. The summed E-state index contributed by atoms with van der Waals surface area (Å²) in [5, 5.41) is 9.47. The first-order chi connectivity index (χ1) is 7.53. The van der Waals surface area contributed by atoms with Crippen LogP contribution in [0.3, 0.4) is 0 Å². The predicted octanol–water partition coefficient (Wildman–Crippen LogP) is 1.37. The molecule has 0 saturated carbocycles. The van der Waals surface area contributed by atoms with Gasteiger partial charge in [-0.05, 0) is 20.8 Å². The van der Waals surface area contributed by atoms with Gasteiger partial charge >= 0.3 is 5.97 Å². The lowest BCUT2D eigenvalue weighted by atomic mass is 10.3. The Morgan fingerprint density at radius 3 is 2.50 bits per heavy atom. The first-order valence-electron chi connectivity index (χ1n) is 5.25. The Bertz CT molecular complexity index is 287. The van der Waals surface area contributed by atoms with Crippen molar-refractivity contribution in [2.24, 2.45) is 4.99 Å². The molecule has 1 aliphatic rings. The van der Waals surface area contributed by atoms with Crippen molar-refractivity contribution in [3.63, 3.8) is 0 Å². The average Bonchev–Trinajstić information content (AvgIpc) is 2.67. The van der Waals surface area contributed by atoms with Gasteiger partial charge in [0.2, 0.25) is 5.79 Å². The molecule has 0 unspecified atom stereocenters. The van der Waals surface area contributed by atoms with Gasteiger partial charge in [-0.25, -0.2) is 4.79 Å². The van der Waals surface area contributed by atoms with E-state index in [0.29, 0.717) is 24.0 Å². The zero-order valence-electron chi connectivity index (χ0n) is 9.73. The van der Waals surface area contributed by atoms with E-state index in [1.807, 2.05) is 13.8 Å². The van der Waals surface area contributed by atoms with E-state index in [1.54, 1.807) is 6.92 Å². The molecule has 16 heavy (non-hydrogen) atoms. The summed E-state index contributed by atoms with van der Waals surface area (Å²) in [6, 6.07) is -0.680. The maximum absolute atomic E-state index is 10.8. The Kier molecular flexibility index (Phi) is 4.76. The van der Waals surface area contributed by atoms with E-state index in [0.717, 1.165) is 0 Å². The summed E-state index contributed by atoms with van der Waals surface area (Å²) in [7, 11) is 0. The highest BCUT2D eigenvalue weighted by atomic mass is 32.2. The van der Waals surface area contributed by atoms with Crippen LogP contribution >= 0.6 is 11.8 Å². The Balaban J connectivity index is 2.80. The number of carbonyl (C=O) groups is 1. The van der Waals surface area contributed by atoms with Crippen LogP contribution in [0.4, 0.5) is 0 Å². The van der Waals surface area contributed by atoms with Crippen LogP contribution in [0.25, 0.3) is 0 Å². The largest absolute Gasteiger partial charge is 0.480 e. The van der Waals surface area contributed by atoms with Crippen LogP contribution in [-0.4, -0.2) is 46.9 Å². The van der Waals surface area contributed by atoms with E-state index in [-0.39, 0.29) is 0 Å². The molecule has 0 aromatic carbocycles. The average molecular weight is 247 g/mol. The highest BCUT2D eigenvalue weighted by Crippen LogP contribution is 2.29. The van der Waals surface area contributed by atoms with Crippen molar-refractivity contribution in [2.75, 3.05) is 19.0 Å². The molecular formula is C10H17NO4S. The minimum atomic E-state index is -0.905. The Hall–Kier alpha value is -0.590. The van der Waals surface area contributed by atoms with Crippen LogP contribution in [0.5, 0.6) is 0 Å². The van der Waals surface area contributed by atoms with Crippen LogP contribution in [0.15, 0.2) is 4.99 Å². The molecule has 0 aromatic rings. The molecule has 0 fully saturated rings. The zero-order valence-corrected chi connectivity index (χ0v) is 10.5. The Labute approximate surface area is 99.2 Å². The highest BCUT2D eigenvalue weighted by Gasteiger charge is 2.38. The number of nitrogens with zero attached hydrogens (tertiary/aromatic N) is 1. The summed E-state index contributed by atoms with van der Waals surface area (Å²) in [5.74, 6) is -1.36. The third kappa shape index (κ3) is 2.96. The number of aliphatic carboxylic acids is 1. The minimum Gasteiger partial charge on any atom is -0.480 e. The lowest BCUT2D eigenvalue weighted by Gasteiger charge is -2.28. The van der Waals surface area contributed by atoms with E-state index in [4.69, 9.17) is 14.6 Å². The molecule has 6 heteroatoms. The van der Waals surface area contributed by atoms with E-state index in [1.165, 1.54) is 11.8 Å². The quantitative estimate of drug-likeness (QED) is 0.718. The van der Waals surface area contributed by atoms with E-state index in [2.05, 4.69) is 4.99 Å². The number of carboxylic acid groups (broad SMARTS) is 1. The molecule has 0 bridgehead atoms. The SMILES string of the molecule is CCOC(C)(OCC)C1=N[C@H](C(=O)O)CS1. The Morgan fingerprint density at radius 2 is 2.12 bits per heavy atom. The van der Waals surface area contributed by atoms with Gasteiger partial charge in [0.25, 0.3) is 0 Å². The van der Waals surface area contributed by atoms with E-state index < -0.39 is 17.8 Å².